The van der Waals surface area contributed by atoms with E-state index in [0.29, 0.717) is 24.7 Å². The van der Waals surface area contributed by atoms with Crippen molar-refractivity contribution in [3.8, 4) is 0 Å². The van der Waals surface area contributed by atoms with E-state index in [-0.39, 0.29) is 24.4 Å². The van der Waals surface area contributed by atoms with E-state index in [1.54, 1.807) is 6.08 Å². The maximum atomic E-state index is 12.4. The van der Waals surface area contributed by atoms with Crippen LogP contribution >= 0.6 is 0 Å². The molecule has 2 aliphatic rings. The van der Waals surface area contributed by atoms with Crippen LogP contribution in [0, 0.1) is 18.8 Å². The highest BCUT2D eigenvalue weighted by Gasteiger charge is 2.46. The quantitative estimate of drug-likeness (QED) is 0.363. The Kier molecular flexibility index (Phi) is 7.21. The van der Waals surface area contributed by atoms with Gasteiger partial charge in [0.15, 0.2) is 5.78 Å². The van der Waals surface area contributed by atoms with E-state index in [1.165, 1.54) is 5.56 Å². The van der Waals surface area contributed by atoms with Crippen molar-refractivity contribution in [2.24, 2.45) is 11.8 Å². The van der Waals surface area contributed by atoms with Gasteiger partial charge in [0.25, 0.3) is 0 Å². The summed E-state index contributed by atoms with van der Waals surface area (Å²) in [7, 11) is 0. The van der Waals surface area contributed by atoms with Gasteiger partial charge in [0, 0.05) is 18.8 Å². The summed E-state index contributed by atoms with van der Waals surface area (Å²) in [6, 6.07) is 8.09. The maximum Gasteiger partial charge on any atom is 0.303 e. The van der Waals surface area contributed by atoms with Crippen molar-refractivity contribution in [1.29, 1.82) is 0 Å². The molecule has 28 heavy (non-hydrogen) atoms. The van der Waals surface area contributed by atoms with Gasteiger partial charge in [0.1, 0.15) is 0 Å². The van der Waals surface area contributed by atoms with Crippen molar-refractivity contribution in [3.63, 3.8) is 0 Å². The van der Waals surface area contributed by atoms with E-state index < -0.39 is 5.97 Å². The van der Waals surface area contributed by atoms with Crippen LogP contribution in [0.15, 0.2) is 48.6 Å². The normalized spacial score (nSPS) is 26.5. The third kappa shape index (κ3) is 5.65. The van der Waals surface area contributed by atoms with Crippen LogP contribution in [-0.2, 0) is 20.7 Å². The number of benzene rings is 1. The van der Waals surface area contributed by atoms with Gasteiger partial charge < -0.3 is 9.84 Å². The number of hydrogen-bond acceptors (Lipinski definition) is 3. The minimum absolute atomic E-state index is 0.135. The molecule has 2 saturated heterocycles. The van der Waals surface area contributed by atoms with Crippen LogP contribution in [0.5, 0.6) is 0 Å². The highest BCUT2D eigenvalue weighted by Crippen LogP contribution is 2.45. The lowest BCUT2D eigenvalue weighted by molar-refractivity contribution is -0.137. The largest absolute Gasteiger partial charge is 0.481 e. The summed E-state index contributed by atoms with van der Waals surface area (Å²) >= 11 is 0. The van der Waals surface area contributed by atoms with Gasteiger partial charge in [0.05, 0.1) is 12.2 Å². The lowest BCUT2D eigenvalue weighted by atomic mass is 9.77. The Hall–Kier alpha value is -2.20. The number of aryl methyl sites for hydroxylation is 1. The fourth-order valence-electron chi connectivity index (χ4n) is 4.43. The molecule has 2 heterocycles. The van der Waals surface area contributed by atoms with E-state index in [9.17, 15) is 9.59 Å². The van der Waals surface area contributed by atoms with Gasteiger partial charge in [0.2, 0.25) is 0 Å². The Bertz CT molecular complexity index is 749. The highest BCUT2D eigenvalue weighted by atomic mass is 16.5. The third-order valence-corrected chi connectivity index (χ3v) is 5.79. The molecule has 3 rings (SSSR count). The molecule has 0 aromatic heterocycles. The van der Waals surface area contributed by atoms with Crippen molar-refractivity contribution < 1.29 is 19.4 Å². The molecule has 2 aliphatic heterocycles. The molecule has 4 nitrogen and oxygen atoms in total. The van der Waals surface area contributed by atoms with Crippen LogP contribution < -0.4 is 0 Å². The summed E-state index contributed by atoms with van der Waals surface area (Å²) in [5, 5.41) is 8.68. The summed E-state index contributed by atoms with van der Waals surface area (Å²) in [4.78, 5) is 22.9. The zero-order chi connectivity index (χ0) is 19.9. The second-order valence-corrected chi connectivity index (χ2v) is 8.02. The summed E-state index contributed by atoms with van der Waals surface area (Å²) in [5.74, 6) is 0.105. The summed E-state index contributed by atoms with van der Waals surface area (Å²) < 4.78 is 6.10. The number of unbranched alkanes of at least 4 members (excludes halogenated alkanes) is 1. The number of carboxylic acids is 1. The number of fused-ring (bicyclic) bond motifs is 2. The molecule has 1 aromatic rings. The van der Waals surface area contributed by atoms with Gasteiger partial charge >= 0.3 is 5.97 Å². The molecule has 2 bridgehead atoms. The van der Waals surface area contributed by atoms with Crippen molar-refractivity contribution in [2.75, 3.05) is 0 Å². The monoisotopic (exact) mass is 382 g/mol. The van der Waals surface area contributed by atoms with Crippen molar-refractivity contribution in [2.45, 2.75) is 64.1 Å². The van der Waals surface area contributed by atoms with E-state index >= 15 is 0 Å². The number of carboxylic acid groups (broad SMARTS) is 1. The van der Waals surface area contributed by atoms with Crippen LogP contribution in [0.2, 0.25) is 0 Å². The average Bonchev–Trinajstić information content (AvgIpc) is 3.24. The van der Waals surface area contributed by atoms with E-state index in [2.05, 4.69) is 24.3 Å². The van der Waals surface area contributed by atoms with Crippen molar-refractivity contribution in [3.05, 3.63) is 59.7 Å². The Labute approximate surface area is 167 Å². The molecule has 0 saturated carbocycles. The van der Waals surface area contributed by atoms with E-state index in [4.69, 9.17) is 9.84 Å². The van der Waals surface area contributed by atoms with Gasteiger partial charge in [-0.25, -0.2) is 0 Å². The first-order valence-corrected chi connectivity index (χ1v) is 10.3. The van der Waals surface area contributed by atoms with E-state index in [1.807, 2.05) is 25.1 Å². The molecular formula is C24H30O4. The van der Waals surface area contributed by atoms with Gasteiger partial charge in [-0.05, 0) is 56.6 Å². The Morgan fingerprint density at radius 3 is 2.82 bits per heavy atom. The van der Waals surface area contributed by atoms with Crippen LogP contribution in [0.4, 0.5) is 0 Å². The van der Waals surface area contributed by atoms with Crippen LogP contribution in [0.3, 0.4) is 0 Å². The highest BCUT2D eigenvalue weighted by molar-refractivity contribution is 5.91. The number of carbonyl (C=O) groups excluding carboxylic acids is 1. The Morgan fingerprint density at radius 2 is 2.04 bits per heavy atom. The smallest absolute Gasteiger partial charge is 0.303 e. The zero-order valence-electron chi connectivity index (χ0n) is 16.5. The molecule has 150 valence electrons. The molecular weight excluding hydrogens is 352 g/mol. The fourth-order valence-corrected chi connectivity index (χ4v) is 4.43. The lowest BCUT2D eigenvalue weighted by Crippen LogP contribution is -2.25. The van der Waals surface area contributed by atoms with Gasteiger partial charge in [-0.3, -0.25) is 9.59 Å². The molecule has 0 unspecified atom stereocenters. The number of rotatable bonds is 10. The molecule has 4 atom stereocenters. The first-order valence-electron chi connectivity index (χ1n) is 10.3. The van der Waals surface area contributed by atoms with E-state index in [0.717, 1.165) is 31.2 Å². The summed E-state index contributed by atoms with van der Waals surface area (Å²) in [5.41, 5.74) is 2.23. The van der Waals surface area contributed by atoms with Gasteiger partial charge in [-0.1, -0.05) is 48.1 Å². The predicted octanol–water partition coefficient (Wildman–Crippen LogP) is 4.66. The third-order valence-electron chi connectivity index (χ3n) is 5.79. The number of aliphatic carboxylic acids is 1. The number of carbonyl (C=O) groups is 2. The standard InChI is InChI=1S/C24H30O4/c1-17-7-6-8-18(15-17)16-19(25)11-12-21-20(22-13-14-23(21)28-22)9-4-2-3-5-10-24(26)27/h2,4,6-8,11-12,15,20-23H,3,5,9-10,13-14,16H2,1H3,(H,26,27)/b4-2-,12-11+/t20-,21+,22-,23+/m1/s1. The molecule has 0 spiro atoms. The molecule has 4 heteroatoms. The molecule has 2 fully saturated rings. The first kappa shape index (κ1) is 20.5. The molecule has 1 aromatic carbocycles. The van der Waals surface area contributed by atoms with Gasteiger partial charge in [-0.2, -0.15) is 0 Å². The molecule has 0 amide bonds. The minimum atomic E-state index is -0.740. The topological polar surface area (TPSA) is 63.6 Å². The Balaban J connectivity index is 1.52. The SMILES string of the molecule is Cc1cccc(CC(=O)/C=C/[C@H]2[C@@H](C/C=C\CCCC(=O)O)[C@H]3CC[C@@H]2O3)c1. The second kappa shape index (κ2) is 9.83. The second-order valence-electron chi connectivity index (χ2n) is 8.02. The number of ketones is 1. The van der Waals surface area contributed by atoms with Crippen molar-refractivity contribution >= 4 is 11.8 Å². The van der Waals surface area contributed by atoms with Crippen molar-refractivity contribution in [1.82, 2.24) is 0 Å². The minimum Gasteiger partial charge on any atom is -0.481 e. The number of allylic oxidation sites excluding steroid dienone is 3. The van der Waals surface area contributed by atoms with Crippen LogP contribution in [0.25, 0.3) is 0 Å². The van der Waals surface area contributed by atoms with Crippen LogP contribution in [0.1, 0.15) is 49.7 Å². The molecule has 0 radical (unpaired) electrons. The maximum absolute atomic E-state index is 12.4. The molecule has 1 N–H and O–H groups in total. The Morgan fingerprint density at radius 1 is 1.21 bits per heavy atom. The number of ether oxygens (including phenoxy) is 1. The van der Waals surface area contributed by atoms with Crippen LogP contribution in [-0.4, -0.2) is 29.1 Å². The number of hydrogen-bond donors (Lipinski definition) is 1. The summed E-state index contributed by atoms with van der Waals surface area (Å²) in [6.07, 6.45) is 13.8. The fraction of sp³-hybridized carbons (Fsp3) is 0.500. The average molecular weight is 383 g/mol. The van der Waals surface area contributed by atoms with Gasteiger partial charge in [-0.15, -0.1) is 0 Å². The predicted molar refractivity (Wildman–Crippen MR) is 109 cm³/mol. The lowest BCUT2D eigenvalue weighted by Gasteiger charge is -2.24. The molecule has 0 aliphatic carbocycles. The zero-order valence-corrected chi connectivity index (χ0v) is 16.5. The summed E-state index contributed by atoms with van der Waals surface area (Å²) in [6.45, 7) is 2.04. The first-order chi connectivity index (χ1) is 13.5.